The van der Waals surface area contributed by atoms with Crippen LogP contribution in [0.3, 0.4) is 0 Å². The fourth-order valence-corrected chi connectivity index (χ4v) is 1.66. The van der Waals surface area contributed by atoms with E-state index in [1.807, 2.05) is 19.9 Å². The molecule has 1 atom stereocenters. The molecule has 1 aromatic rings. The zero-order valence-electron chi connectivity index (χ0n) is 13.0. The van der Waals surface area contributed by atoms with Crippen molar-refractivity contribution in [1.82, 2.24) is 5.32 Å². The van der Waals surface area contributed by atoms with Gasteiger partial charge in [0.15, 0.2) is 12.4 Å². The van der Waals surface area contributed by atoms with Crippen molar-refractivity contribution in [2.24, 2.45) is 5.92 Å². The zero-order chi connectivity index (χ0) is 16.9. The number of carbonyl (C=O) groups is 1. The first kappa shape index (κ1) is 17.4. The second-order valence-electron chi connectivity index (χ2n) is 5.53. The summed E-state index contributed by atoms with van der Waals surface area (Å²) in [7, 11) is 0. The van der Waals surface area contributed by atoms with Crippen molar-refractivity contribution >= 4 is 11.6 Å². The van der Waals surface area contributed by atoms with Crippen molar-refractivity contribution in [3.05, 3.63) is 33.9 Å². The van der Waals surface area contributed by atoms with Crippen molar-refractivity contribution in [1.29, 1.82) is 5.26 Å². The molecule has 0 aromatic heterocycles. The fourth-order valence-electron chi connectivity index (χ4n) is 1.66. The minimum Gasteiger partial charge on any atom is -0.477 e. The van der Waals surface area contributed by atoms with Crippen LogP contribution in [0.15, 0.2) is 18.2 Å². The molecule has 0 radical (unpaired) electrons. The average molecular weight is 305 g/mol. The lowest BCUT2D eigenvalue weighted by Gasteiger charge is -2.27. The first-order chi connectivity index (χ1) is 10.2. The Labute approximate surface area is 129 Å². The smallest absolute Gasteiger partial charge is 0.310 e. The molecule has 1 aromatic carbocycles. The highest BCUT2D eigenvalue weighted by atomic mass is 16.6. The van der Waals surface area contributed by atoms with Crippen molar-refractivity contribution in [2.45, 2.75) is 33.2 Å². The van der Waals surface area contributed by atoms with Gasteiger partial charge in [-0.25, -0.2) is 0 Å². The molecule has 0 spiro atoms. The maximum Gasteiger partial charge on any atom is 0.310 e. The summed E-state index contributed by atoms with van der Waals surface area (Å²) in [4.78, 5) is 22.3. The number of rotatable bonds is 6. The number of benzene rings is 1. The van der Waals surface area contributed by atoms with Crippen LogP contribution in [0.1, 0.15) is 26.3 Å². The number of nitrogens with one attached hydrogen (secondary N) is 1. The van der Waals surface area contributed by atoms with E-state index in [1.54, 1.807) is 19.9 Å². The van der Waals surface area contributed by atoms with Crippen molar-refractivity contribution in [2.75, 3.05) is 6.61 Å². The molecule has 0 saturated heterocycles. The van der Waals surface area contributed by atoms with E-state index in [4.69, 9.17) is 10.00 Å². The van der Waals surface area contributed by atoms with E-state index in [-0.39, 0.29) is 17.4 Å². The Morgan fingerprint density at radius 3 is 2.68 bits per heavy atom. The summed E-state index contributed by atoms with van der Waals surface area (Å²) in [5, 5.41) is 22.7. The molecule has 1 N–H and O–H groups in total. The van der Waals surface area contributed by atoms with Crippen LogP contribution in [-0.4, -0.2) is 23.0 Å². The first-order valence-corrected chi connectivity index (χ1v) is 6.79. The SMILES string of the molecule is Cc1ccc([N+](=O)[O-])c(OCC(=O)NC(C)(C#N)C(C)C)c1. The van der Waals surface area contributed by atoms with E-state index >= 15 is 0 Å². The second kappa shape index (κ2) is 6.89. The van der Waals surface area contributed by atoms with Gasteiger partial charge in [-0.1, -0.05) is 19.9 Å². The van der Waals surface area contributed by atoms with Gasteiger partial charge in [0, 0.05) is 6.07 Å². The Morgan fingerprint density at radius 2 is 2.18 bits per heavy atom. The molecule has 0 aliphatic heterocycles. The summed E-state index contributed by atoms with van der Waals surface area (Å²) in [6.45, 7) is 6.62. The highest BCUT2D eigenvalue weighted by Gasteiger charge is 2.30. The van der Waals surface area contributed by atoms with Crippen LogP contribution < -0.4 is 10.1 Å². The lowest BCUT2D eigenvalue weighted by molar-refractivity contribution is -0.385. The Bertz CT molecular complexity index is 622. The molecule has 1 rings (SSSR count). The number of nitriles is 1. The number of carbonyl (C=O) groups excluding carboxylic acids is 1. The molecule has 0 aliphatic carbocycles. The van der Waals surface area contributed by atoms with Gasteiger partial charge in [0.25, 0.3) is 5.91 Å². The van der Waals surface area contributed by atoms with Gasteiger partial charge >= 0.3 is 5.69 Å². The van der Waals surface area contributed by atoms with Gasteiger partial charge < -0.3 is 10.1 Å². The predicted molar refractivity (Wildman–Crippen MR) is 80.3 cm³/mol. The summed E-state index contributed by atoms with van der Waals surface area (Å²) in [6, 6.07) is 6.47. The van der Waals surface area contributed by atoms with Crippen molar-refractivity contribution < 1.29 is 14.5 Å². The van der Waals surface area contributed by atoms with E-state index < -0.39 is 23.0 Å². The number of hydrogen-bond acceptors (Lipinski definition) is 5. The summed E-state index contributed by atoms with van der Waals surface area (Å²) in [5.74, 6) is -0.563. The third-order valence-corrected chi connectivity index (χ3v) is 3.46. The zero-order valence-corrected chi connectivity index (χ0v) is 13.0. The maximum absolute atomic E-state index is 11.9. The van der Waals surface area contributed by atoms with E-state index in [9.17, 15) is 14.9 Å². The van der Waals surface area contributed by atoms with Gasteiger partial charge in [0.2, 0.25) is 0 Å². The summed E-state index contributed by atoms with van der Waals surface area (Å²) in [6.07, 6.45) is 0. The highest BCUT2D eigenvalue weighted by Crippen LogP contribution is 2.27. The summed E-state index contributed by atoms with van der Waals surface area (Å²) in [5.41, 5.74) is -0.436. The maximum atomic E-state index is 11.9. The van der Waals surface area contributed by atoms with E-state index in [2.05, 4.69) is 5.32 Å². The first-order valence-electron chi connectivity index (χ1n) is 6.79. The highest BCUT2D eigenvalue weighted by molar-refractivity contribution is 5.79. The Kier molecular flexibility index (Phi) is 5.46. The third-order valence-electron chi connectivity index (χ3n) is 3.46. The molecule has 0 aliphatic rings. The number of nitro groups is 1. The molecule has 0 fully saturated rings. The molecule has 7 heteroatoms. The van der Waals surface area contributed by atoms with Crippen molar-refractivity contribution in [3.8, 4) is 11.8 Å². The number of amides is 1. The quantitative estimate of drug-likeness (QED) is 0.641. The predicted octanol–water partition coefficient (Wildman–Crippen LogP) is 2.34. The largest absolute Gasteiger partial charge is 0.477 e. The molecule has 0 bridgehead atoms. The number of nitrogens with zero attached hydrogens (tertiary/aromatic N) is 2. The number of hydrogen-bond donors (Lipinski definition) is 1. The van der Waals surface area contributed by atoms with Crippen LogP contribution >= 0.6 is 0 Å². The number of ether oxygens (including phenoxy) is 1. The summed E-state index contributed by atoms with van der Waals surface area (Å²) >= 11 is 0. The van der Waals surface area contributed by atoms with Gasteiger partial charge in [-0.15, -0.1) is 0 Å². The molecule has 118 valence electrons. The molecule has 22 heavy (non-hydrogen) atoms. The number of nitro benzene ring substituents is 1. The monoisotopic (exact) mass is 305 g/mol. The van der Waals surface area contributed by atoms with Gasteiger partial charge in [0.1, 0.15) is 5.54 Å². The molecule has 0 heterocycles. The number of aryl methyl sites for hydroxylation is 1. The van der Waals surface area contributed by atoms with Gasteiger partial charge in [0.05, 0.1) is 11.0 Å². The second-order valence-corrected chi connectivity index (χ2v) is 5.53. The summed E-state index contributed by atoms with van der Waals surface area (Å²) < 4.78 is 5.25. The molecule has 1 amide bonds. The van der Waals surface area contributed by atoms with Crippen LogP contribution in [0, 0.1) is 34.3 Å². The van der Waals surface area contributed by atoms with E-state index in [0.717, 1.165) is 5.56 Å². The Morgan fingerprint density at radius 1 is 1.55 bits per heavy atom. The Balaban J connectivity index is 2.79. The van der Waals surface area contributed by atoms with Crippen LogP contribution in [0.5, 0.6) is 5.75 Å². The lowest BCUT2D eigenvalue weighted by Crippen LogP contribution is -2.50. The molecular formula is C15H19N3O4. The van der Waals surface area contributed by atoms with E-state index in [0.29, 0.717) is 0 Å². The topological polar surface area (TPSA) is 105 Å². The van der Waals surface area contributed by atoms with Crippen LogP contribution in [0.4, 0.5) is 5.69 Å². The fraction of sp³-hybridized carbons (Fsp3) is 0.467. The van der Waals surface area contributed by atoms with Gasteiger partial charge in [-0.3, -0.25) is 14.9 Å². The minimum absolute atomic E-state index is 0.0309. The van der Waals surface area contributed by atoms with Crippen molar-refractivity contribution in [3.63, 3.8) is 0 Å². The Hall–Kier alpha value is -2.62. The average Bonchev–Trinajstić information content (AvgIpc) is 2.44. The lowest BCUT2D eigenvalue weighted by atomic mass is 9.90. The van der Waals surface area contributed by atoms with Crippen LogP contribution in [0.2, 0.25) is 0 Å². The van der Waals surface area contributed by atoms with E-state index in [1.165, 1.54) is 12.1 Å². The molecule has 1 unspecified atom stereocenters. The standard InChI is InChI=1S/C15H19N3O4/c1-10(2)15(4,9-16)17-14(19)8-22-13-7-11(3)5-6-12(13)18(20)21/h5-7,10H,8H2,1-4H3,(H,17,19). The van der Waals surface area contributed by atoms with Crippen LogP contribution in [-0.2, 0) is 4.79 Å². The third kappa shape index (κ3) is 4.19. The molecular weight excluding hydrogens is 286 g/mol. The normalized spacial score (nSPS) is 13.1. The van der Waals surface area contributed by atoms with Crippen LogP contribution in [0.25, 0.3) is 0 Å². The minimum atomic E-state index is -1.01. The van der Waals surface area contributed by atoms with Gasteiger partial charge in [-0.05, 0) is 31.4 Å². The molecule has 7 nitrogen and oxygen atoms in total. The van der Waals surface area contributed by atoms with Gasteiger partial charge in [-0.2, -0.15) is 5.26 Å². The molecule has 0 saturated carbocycles.